The van der Waals surface area contributed by atoms with E-state index in [2.05, 4.69) is 10.0 Å². The lowest BCUT2D eigenvalue weighted by Gasteiger charge is -2.30. The van der Waals surface area contributed by atoms with Crippen molar-refractivity contribution in [2.75, 3.05) is 6.54 Å². The zero-order chi connectivity index (χ0) is 17.1. The van der Waals surface area contributed by atoms with E-state index < -0.39 is 21.6 Å². The third kappa shape index (κ3) is 4.44. The fraction of sp³-hybridized carbons (Fsp3) is 0.533. The molecule has 0 heterocycles. The molecule has 1 fully saturated rings. The number of halogens is 1. The molecule has 1 unspecified atom stereocenters. The maximum absolute atomic E-state index is 12.3. The standard InChI is InChI=1S/C15H22ClN3O3S/c1-11(14(20)18-15(10-17)8-2-3-9-15)19-23(21,22)13-6-4-12(16)5-7-13/h4-7,11,19H,2-3,8-10,17H2,1H3,(H,18,20). The Labute approximate surface area is 141 Å². The highest BCUT2D eigenvalue weighted by Crippen LogP contribution is 2.28. The van der Waals surface area contributed by atoms with Gasteiger partial charge in [-0.1, -0.05) is 24.4 Å². The van der Waals surface area contributed by atoms with E-state index >= 15 is 0 Å². The summed E-state index contributed by atoms with van der Waals surface area (Å²) in [6.45, 7) is 1.87. The Morgan fingerprint density at radius 3 is 2.39 bits per heavy atom. The van der Waals surface area contributed by atoms with Crippen LogP contribution in [-0.4, -0.2) is 32.5 Å². The van der Waals surface area contributed by atoms with Gasteiger partial charge in [0.2, 0.25) is 15.9 Å². The molecule has 0 aliphatic heterocycles. The predicted octanol–water partition coefficient (Wildman–Crippen LogP) is 1.39. The van der Waals surface area contributed by atoms with Gasteiger partial charge < -0.3 is 11.1 Å². The van der Waals surface area contributed by atoms with Gasteiger partial charge in [0.25, 0.3) is 0 Å². The van der Waals surface area contributed by atoms with Crippen LogP contribution in [0.5, 0.6) is 0 Å². The summed E-state index contributed by atoms with van der Waals surface area (Å²) in [6.07, 6.45) is 3.68. The van der Waals surface area contributed by atoms with Crippen molar-refractivity contribution in [1.29, 1.82) is 0 Å². The molecule has 0 bridgehead atoms. The quantitative estimate of drug-likeness (QED) is 0.714. The van der Waals surface area contributed by atoms with E-state index in [9.17, 15) is 13.2 Å². The van der Waals surface area contributed by atoms with Crippen LogP contribution in [0.2, 0.25) is 5.02 Å². The number of sulfonamides is 1. The molecule has 0 radical (unpaired) electrons. The summed E-state index contributed by atoms with van der Waals surface area (Å²) in [7, 11) is -3.78. The largest absolute Gasteiger partial charge is 0.348 e. The number of nitrogens with two attached hydrogens (primary N) is 1. The minimum atomic E-state index is -3.78. The van der Waals surface area contributed by atoms with Crippen LogP contribution < -0.4 is 15.8 Å². The molecule has 1 saturated carbocycles. The number of hydrogen-bond donors (Lipinski definition) is 3. The lowest BCUT2D eigenvalue weighted by Crippen LogP contribution is -2.56. The highest BCUT2D eigenvalue weighted by molar-refractivity contribution is 7.89. The summed E-state index contributed by atoms with van der Waals surface area (Å²) in [5.41, 5.74) is 5.38. The molecule has 1 aromatic rings. The Bertz CT molecular complexity index is 655. The molecular formula is C15H22ClN3O3S. The van der Waals surface area contributed by atoms with Gasteiger partial charge in [0.15, 0.2) is 0 Å². The summed E-state index contributed by atoms with van der Waals surface area (Å²) >= 11 is 5.75. The lowest BCUT2D eigenvalue weighted by atomic mass is 9.97. The maximum Gasteiger partial charge on any atom is 0.241 e. The molecule has 2 rings (SSSR count). The second-order valence-corrected chi connectivity index (χ2v) is 8.13. The van der Waals surface area contributed by atoms with E-state index in [0.717, 1.165) is 25.7 Å². The van der Waals surface area contributed by atoms with Gasteiger partial charge in [0.05, 0.1) is 16.5 Å². The van der Waals surface area contributed by atoms with Crippen molar-refractivity contribution >= 4 is 27.5 Å². The molecule has 128 valence electrons. The third-order valence-corrected chi connectivity index (χ3v) is 6.00. The Hall–Kier alpha value is -1.15. The molecule has 1 aliphatic carbocycles. The van der Waals surface area contributed by atoms with E-state index in [0.29, 0.717) is 11.6 Å². The normalized spacial score (nSPS) is 18.6. The predicted molar refractivity (Wildman–Crippen MR) is 89.6 cm³/mol. The van der Waals surface area contributed by atoms with Crippen LogP contribution >= 0.6 is 11.6 Å². The maximum atomic E-state index is 12.3. The van der Waals surface area contributed by atoms with Crippen molar-refractivity contribution in [3.63, 3.8) is 0 Å². The van der Waals surface area contributed by atoms with Gasteiger partial charge in [-0.3, -0.25) is 4.79 Å². The summed E-state index contributed by atoms with van der Waals surface area (Å²) in [5, 5.41) is 3.36. The SMILES string of the molecule is CC(NS(=O)(=O)c1ccc(Cl)cc1)C(=O)NC1(CN)CCCC1. The number of hydrogen-bond acceptors (Lipinski definition) is 4. The van der Waals surface area contributed by atoms with E-state index in [1.807, 2.05) is 0 Å². The van der Waals surface area contributed by atoms with Gasteiger partial charge >= 0.3 is 0 Å². The van der Waals surface area contributed by atoms with E-state index in [-0.39, 0.29) is 10.8 Å². The van der Waals surface area contributed by atoms with Crippen molar-refractivity contribution in [3.05, 3.63) is 29.3 Å². The number of benzene rings is 1. The molecule has 0 saturated heterocycles. The molecule has 0 spiro atoms. The molecule has 6 nitrogen and oxygen atoms in total. The second-order valence-electron chi connectivity index (χ2n) is 5.98. The number of carbonyl (C=O) groups is 1. The van der Waals surface area contributed by atoms with Crippen LogP contribution in [0, 0.1) is 0 Å². The monoisotopic (exact) mass is 359 g/mol. The van der Waals surface area contributed by atoms with Crippen molar-refractivity contribution < 1.29 is 13.2 Å². The van der Waals surface area contributed by atoms with Crippen LogP contribution in [0.1, 0.15) is 32.6 Å². The molecule has 1 aromatic carbocycles. The first-order valence-corrected chi connectivity index (χ1v) is 9.44. The minimum absolute atomic E-state index is 0.0657. The minimum Gasteiger partial charge on any atom is -0.348 e. The highest BCUT2D eigenvalue weighted by Gasteiger charge is 2.35. The Kier molecular flexibility index (Phi) is 5.67. The van der Waals surface area contributed by atoms with Gasteiger partial charge in [-0.05, 0) is 44.0 Å². The highest BCUT2D eigenvalue weighted by atomic mass is 35.5. The van der Waals surface area contributed by atoms with Crippen molar-refractivity contribution in [1.82, 2.24) is 10.0 Å². The average molecular weight is 360 g/mol. The third-order valence-electron chi connectivity index (χ3n) is 4.19. The summed E-state index contributed by atoms with van der Waals surface area (Å²) < 4.78 is 27.0. The molecule has 1 atom stereocenters. The number of nitrogens with one attached hydrogen (secondary N) is 2. The Morgan fingerprint density at radius 2 is 1.87 bits per heavy atom. The lowest BCUT2D eigenvalue weighted by molar-refractivity contribution is -0.124. The summed E-state index contributed by atoms with van der Waals surface area (Å²) in [4.78, 5) is 12.4. The van der Waals surface area contributed by atoms with Gasteiger partial charge in [0.1, 0.15) is 0 Å². The molecule has 0 aromatic heterocycles. The topological polar surface area (TPSA) is 101 Å². The molecular weight excluding hydrogens is 338 g/mol. The number of rotatable bonds is 6. The number of amides is 1. The van der Waals surface area contributed by atoms with Gasteiger partial charge in [-0.2, -0.15) is 4.72 Å². The van der Waals surface area contributed by atoms with Crippen molar-refractivity contribution in [2.45, 2.75) is 49.1 Å². The fourth-order valence-electron chi connectivity index (χ4n) is 2.77. The smallest absolute Gasteiger partial charge is 0.241 e. The van der Waals surface area contributed by atoms with Gasteiger partial charge in [0, 0.05) is 11.6 Å². The molecule has 4 N–H and O–H groups in total. The fourth-order valence-corrected chi connectivity index (χ4v) is 4.10. The summed E-state index contributed by atoms with van der Waals surface area (Å²) in [6, 6.07) is 4.88. The summed E-state index contributed by atoms with van der Waals surface area (Å²) in [5.74, 6) is -0.366. The first-order valence-electron chi connectivity index (χ1n) is 7.58. The van der Waals surface area contributed by atoms with Gasteiger partial charge in [-0.25, -0.2) is 8.42 Å². The van der Waals surface area contributed by atoms with E-state index in [1.54, 1.807) is 0 Å². The van der Waals surface area contributed by atoms with Crippen LogP contribution in [0.25, 0.3) is 0 Å². The molecule has 23 heavy (non-hydrogen) atoms. The van der Waals surface area contributed by atoms with Crippen molar-refractivity contribution in [3.8, 4) is 0 Å². The zero-order valence-electron chi connectivity index (χ0n) is 13.0. The van der Waals surface area contributed by atoms with Gasteiger partial charge in [-0.15, -0.1) is 0 Å². The Morgan fingerprint density at radius 1 is 1.30 bits per heavy atom. The second kappa shape index (κ2) is 7.17. The van der Waals surface area contributed by atoms with Crippen LogP contribution in [0.15, 0.2) is 29.2 Å². The average Bonchev–Trinajstić information content (AvgIpc) is 2.96. The Balaban J connectivity index is 2.04. The molecule has 1 aliphatic rings. The zero-order valence-corrected chi connectivity index (χ0v) is 14.6. The molecule has 1 amide bonds. The van der Waals surface area contributed by atoms with Crippen LogP contribution in [-0.2, 0) is 14.8 Å². The number of carbonyl (C=O) groups excluding carboxylic acids is 1. The van der Waals surface area contributed by atoms with E-state index in [1.165, 1.54) is 31.2 Å². The first kappa shape index (κ1) is 18.2. The van der Waals surface area contributed by atoms with E-state index in [4.69, 9.17) is 17.3 Å². The molecule has 8 heteroatoms. The van der Waals surface area contributed by atoms with Crippen molar-refractivity contribution in [2.24, 2.45) is 5.73 Å². The van der Waals surface area contributed by atoms with Crippen LogP contribution in [0.4, 0.5) is 0 Å². The van der Waals surface area contributed by atoms with Crippen LogP contribution in [0.3, 0.4) is 0 Å². The first-order chi connectivity index (χ1) is 10.8.